The van der Waals surface area contributed by atoms with Crippen molar-refractivity contribution in [2.45, 2.75) is 37.6 Å². The van der Waals surface area contributed by atoms with Crippen LogP contribution in [0.4, 0.5) is 0 Å². The van der Waals surface area contributed by atoms with Gasteiger partial charge in [-0.15, -0.1) is 0 Å². The van der Waals surface area contributed by atoms with E-state index >= 15 is 0 Å². The van der Waals surface area contributed by atoms with Crippen molar-refractivity contribution in [1.82, 2.24) is 15.1 Å². The largest absolute Gasteiger partial charge is 0.497 e. The van der Waals surface area contributed by atoms with Crippen molar-refractivity contribution in [3.05, 3.63) is 29.8 Å². The van der Waals surface area contributed by atoms with Crippen LogP contribution < -0.4 is 10.1 Å². The van der Waals surface area contributed by atoms with Crippen LogP contribution in [0.25, 0.3) is 0 Å². The second-order valence-electron chi connectivity index (χ2n) is 8.01. The normalized spacial score (nSPS) is 21.5. The first-order chi connectivity index (χ1) is 12.9. The topological polar surface area (TPSA) is 61.9 Å². The van der Waals surface area contributed by atoms with E-state index in [1.54, 1.807) is 24.1 Å². The zero-order valence-corrected chi connectivity index (χ0v) is 16.7. The van der Waals surface area contributed by atoms with Crippen LogP contribution in [0.1, 0.15) is 42.5 Å². The summed E-state index contributed by atoms with van der Waals surface area (Å²) in [4.78, 5) is 29.4. The van der Waals surface area contributed by atoms with Gasteiger partial charge in [0, 0.05) is 30.7 Å². The van der Waals surface area contributed by atoms with E-state index in [-0.39, 0.29) is 23.3 Å². The number of benzene rings is 1. The molecule has 1 atom stereocenters. The van der Waals surface area contributed by atoms with Crippen LogP contribution in [-0.4, -0.2) is 68.0 Å². The van der Waals surface area contributed by atoms with Crippen molar-refractivity contribution in [3.8, 4) is 5.75 Å². The first kappa shape index (κ1) is 19.7. The van der Waals surface area contributed by atoms with E-state index in [0.29, 0.717) is 30.9 Å². The van der Waals surface area contributed by atoms with E-state index < -0.39 is 0 Å². The lowest BCUT2D eigenvalue weighted by molar-refractivity contribution is -0.125. The number of likely N-dealkylation sites (tertiary alicyclic amines) is 1. The third-order valence-electron chi connectivity index (χ3n) is 6.24. The minimum absolute atomic E-state index is 0.0373. The summed E-state index contributed by atoms with van der Waals surface area (Å²) in [6.45, 7) is 1.79. The second-order valence-corrected chi connectivity index (χ2v) is 8.01. The molecule has 1 saturated heterocycles. The van der Waals surface area contributed by atoms with Gasteiger partial charge in [-0.2, -0.15) is 0 Å². The summed E-state index contributed by atoms with van der Waals surface area (Å²) < 4.78 is 5.20. The van der Waals surface area contributed by atoms with E-state index in [1.807, 2.05) is 12.1 Å². The fourth-order valence-corrected chi connectivity index (χ4v) is 4.31. The summed E-state index contributed by atoms with van der Waals surface area (Å²) >= 11 is 0. The molecular weight excluding hydrogens is 342 g/mol. The molecule has 0 bridgehead atoms. The molecule has 1 aromatic carbocycles. The van der Waals surface area contributed by atoms with Gasteiger partial charge in [-0.1, -0.05) is 18.9 Å². The van der Waals surface area contributed by atoms with Gasteiger partial charge >= 0.3 is 0 Å². The van der Waals surface area contributed by atoms with Gasteiger partial charge < -0.3 is 19.9 Å². The number of ether oxygens (including phenoxy) is 1. The third kappa shape index (κ3) is 4.26. The maximum absolute atomic E-state index is 12.7. The van der Waals surface area contributed by atoms with Gasteiger partial charge in [-0.05, 0) is 51.6 Å². The molecule has 0 spiro atoms. The summed E-state index contributed by atoms with van der Waals surface area (Å²) in [6, 6.07) is 7.17. The number of methoxy groups -OCH3 is 1. The van der Waals surface area contributed by atoms with E-state index in [9.17, 15) is 9.59 Å². The smallest absolute Gasteiger partial charge is 0.254 e. The lowest BCUT2D eigenvalue weighted by Gasteiger charge is -2.36. The van der Waals surface area contributed by atoms with E-state index in [2.05, 4.69) is 24.3 Å². The molecular formula is C21H31N3O3. The molecule has 3 rings (SSSR count). The van der Waals surface area contributed by atoms with Gasteiger partial charge in [0.2, 0.25) is 5.91 Å². The summed E-state index contributed by atoms with van der Waals surface area (Å²) in [5, 5.41) is 3.17. The van der Waals surface area contributed by atoms with Gasteiger partial charge in [0.05, 0.1) is 13.0 Å². The number of rotatable bonds is 6. The molecule has 1 aliphatic carbocycles. The van der Waals surface area contributed by atoms with Crippen molar-refractivity contribution in [2.75, 3.05) is 40.8 Å². The van der Waals surface area contributed by atoms with Crippen LogP contribution in [0.3, 0.4) is 0 Å². The molecule has 148 valence electrons. The van der Waals surface area contributed by atoms with E-state index in [0.717, 1.165) is 19.3 Å². The highest BCUT2D eigenvalue weighted by Crippen LogP contribution is 2.33. The Morgan fingerprint density at radius 3 is 2.70 bits per heavy atom. The first-order valence-corrected chi connectivity index (χ1v) is 9.84. The Balaban J connectivity index is 1.55. The SMILES string of the molecule is COc1cccc(C(=O)N2CC[C@H](C(=O)NCC3(N(C)C)CCCC3)C2)c1. The molecule has 27 heavy (non-hydrogen) atoms. The first-order valence-electron chi connectivity index (χ1n) is 9.84. The summed E-state index contributed by atoms with van der Waals surface area (Å²) in [7, 11) is 5.79. The average molecular weight is 373 g/mol. The van der Waals surface area contributed by atoms with Crippen LogP contribution in [0, 0.1) is 5.92 Å². The van der Waals surface area contributed by atoms with E-state index in [1.165, 1.54) is 12.8 Å². The van der Waals surface area contributed by atoms with Gasteiger partial charge in [0.25, 0.3) is 5.91 Å². The number of likely N-dealkylation sites (N-methyl/N-ethyl adjacent to an activating group) is 1. The lowest BCUT2D eigenvalue weighted by atomic mass is 9.95. The molecule has 1 N–H and O–H groups in total. The van der Waals surface area contributed by atoms with Crippen LogP contribution in [-0.2, 0) is 4.79 Å². The van der Waals surface area contributed by atoms with Gasteiger partial charge in [-0.25, -0.2) is 0 Å². The maximum atomic E-state index is 12.7. The highest BCUT2D eigenvalue weighted by molar-refractivity contribution is 5.95. The Hall–Kier alpha value is -2.08. The zero-order valence-electron chi connectivity index (χ0n) is 16.7. The molecule has 0 unspecified atom stereocenters. The molecule has 0 aromatic heterocycles. The van der Waals surface area contributed by atoms with Crippen molar-refractivity contribution in [3.63, 3.8) is 0 Å². The summed E-state index contributed by atoms with van der Waals surface area (Å²) in [6.07, 6.45) is 5.42. The van der Waals surface area contributed by atoms with Gasteiger partial charge in [0.15, 0.2) is 0 Å². The van der Waals surface area contributed by atoms with Crippen molar-refractivity contribution in [1.29, 1.82) is 0 Å². The summed E-state index contributed by atoms with van der Waals surface area (Å²) in [5.74, 6) is 0.578. The molecule has 1 heterocycles. The highest BCUT2D eigenvalue weighted by Gasteiger charge is 2.38. The summed E-state index contributed by atoms with van der Waals surface area (Å²) in [5.41, 5.74) is 0.692. The van der Waals surface area contributed by atoms with Crippen molar-refractivity contribution < 1.29 is 14.3 Å². The standard InChI is InChI=1S/C21H31N3O3/c1-23(2)21(10-4-5-11-21)15-22-19(25)17-9-12-24(14-17)20(26)16-7-6-8-18(13-16)27-3/h6-8,13,17H,4-5,9-12,14-15H2,1-3H3,(H,22,25)/t17-/m0/s1. The number of hydrogen-bond donors (Lipinski definition) is 1. The molecule has 2 amide bonds. The van der Waals surface area contributed by atoms with E-state index in [4.69, 9.17) is 4.74 Å². The Morgan fingerprint density at radius 1 is 1.30 bits per heavy atom. The highest BCUT2D eigenvalue weighted by atomic mass is 16.5. The molecule has 6 nitrogen and oxygen atoms in total. The Kier molecular flexibility index (Phi) is 6.05. The Labute approximate surface area is 161 Å². The van der Waals surface area contributed by atoms with Crippen molar-refractivity contribution >= 4 is 11.8 Å². The average Bonchev–Trinajstić information content (AvgIpc) is 3.36. The number of nitrogens with zero attached hydrogens (tertiary/aromatic N) is 2. The quantitative estimate of drug-likeness (QED) is 0.830. The zero-order chi connectivity index (χ0) is 19.4. The number of carbonyl (C=O) groups excluding carboxylic acids is 2. The number of carbonyl (C=O) groups is 2. The molecule has 2 aliphatic rings. The minimum atomic E-state index is -0.125. The predicted molar refractivity (Wildman–Crippen MR) is 105 cm³/mol. The molecule has 1 saturated carbocycles. The van der Waals surface area contributed by atoms with Crippen LogP contribution >= 0.6 is 0 Å². The second kappa shape index (κ2) is 8.30. The molecule has 0 radical (unpaired) electrons. The monoisotopic (exact) mass is 373 g/mol. The third-order valence-corrected chi connectivity index (χ3v) is 6.24. The maximum Gasteiger partial charge on any atom is 0.254 e. The van der Waals surface area contributed by atoms with Crippen LogP contribution in [0.5, 0.6) is 5.75 Å². The number of nitrogens with one attached hydrogen (secondary N) is 1. The van der Waals surface area contributed by atoms with Crippen LogP contribution in [0.2, 0.25) is 0 Å². The Bertz CT molecular complexity index is 683. The molecule has 2 fully saturated rings. The fraction of sp³-hybridized carbons (Fsp3) is 0.619. The number of amides is 2. The van der Waals surface area contributed by atoms with Gasteiger partial charge in [-0.3, -0.25) is 9.59 Å². The molecule has 6 heteroatoms. The molecule has 1 aliphatic heterocycles. The minimum Gasteiger partial charge on any atom is -0.497 e. The van der Waals surface area contributed by atoms with Crippen molar-refractivity contribution in [2.24, 2.45) is 5.92 Å². The lowest BCUT2D eigenvalue weighted by Crippen LogP contribution is -2.51. The van der Waals surface area contributed by atoms with Crippen LogP contribution in [0.15, 0.2) is 24.3 Å². The fourth-order valence-electron chi connectivity index (χ4n) is 4.31. The Morgan fingerprint density at radius 2 is 2.04 bits per heavy atom. The van der Waals surface area contributed by atoms with Gasteiger partial charge in [0.1, 0.15) is 5.75 Å². The number of hydrogen-bond acceptors (Lipinski definition) is 4. The molecule has 1 aromatic rings. The predicted octanol–water partition coefficient (Wildman–Crippen LogP) is 2.15.